The van der Waals surface area contributed by atoms with Crippen LogP contribution in [-0.2, 0) is 6.42 Å². The number of benzene rings is 1. The molecule has 1 unspecified atom stereocenters. The van der Waals surface area contributed by atoms with Crippen LogP contribution in [0.25, 0.3) is 0 Å². The number of hydrogen-bond acceptors (Lipinski definition) is 2. The molecule has 0 bridgehead atoms. The van der Waals surface area contributed by atoms with Gasteiger partial charge in [0.25, 0.3) is 0 Å². The van der Waals surface area contributed by atoms with Crippen LogP contribution in [-0.4, -0.2) is 23.8 Å². The lowest BCUT2D eigenvalue weighted by atomic mass is 9.95. The topological polar surface area (TPSA) is 32.3 Å². The normalized spacial score (nSPS) is 16.9. The van der Waals surface area contributed by atoms with Gasteiger partial charge in [0.15, 0.2) is 0 Å². The molecule has 1 aliphatic carbocycles. The highest BCUT2D eigenvalue weighted by Crippen LogP contribution is 2.20. The van der Waals surface area contributed by atoms with Crippen molar-refractivity contribution in [2.45, 2.75) is 58.6 Å². The Balaban J connectivity index is 1.84. The van der Waals surface area contributed by atoms with Crippen molar-refractivity contribution in [3.8, 4) is 0 Å². The summed E-state index contributed by atoms with van der Waals surface area (Å²) in [6, 6.07) is 5.15. The minimum Gasteiger partial charge on any atom is -0.392 e. The van der Waals surface area contributed by atoms with Crippen LogP contribution in [0.5, 0.6) is 0 Å². The van der Waals surface area contributed by atoms with Crippen LogP contribution >= 0.6 is 0 Å². The molecule has 0 radical (unpaired) electrons. The van der Waals surface area contributed by atoms with Gasteiger partial charge in [-0.25, -0.2) is 0 Å². The van der Waals surface area contributed by atoms with Crippen LogP contribution in [0.2, 0.25) is 0 Å². The van der Waals surface area contributed by atoms with Crippen molar-refractivity contribution in [1.29, 1.82) is 0 Å². The van der Waals surface area contributed by atoms with Crippen molar-refractivity contribution < 1.29 is 5.11 Å². The summed E-state index contributed by atoms with van der Waals surface area (Å²) < 4.78 is 0. The Kier molecular flexibility index (Phi) is 4.41. The summed E-state index contributed by atoms with van der Waals surface area (Å²) in [5, 5.41) is 13.3. The Bertz CT molecular complexity index is 387. The van der Waals surface area contributed by atoms with Crippen LogP contribution in [0.15, 0.2) is 12.1 Å². The highest BCUT2D eigenvalue weighted by molar-refractivity contribution is 5.37. The molecule has 1 saturated carbocycles. The molecule has 100 valence electrons. The molecule has 1 aromatic rings. The number of aryl methyl sites for hydroxylation is 3. The van der Waals surface area contributed by atoms with Crippen molar-refractivity contribution in [2.75, 3.05) is 6.54 Å². The van der Waals surface area contributed by atoms with Crippen molar-refractivity contribution in [2.24, 2.45) is 0 Å². The van der Waals surface area contributed by atoms with Gasteiger partial charge in [-0.15, -0.1) is 0 Å². The largest absolute Gasteiger partial charge is 0.392 e. The van der Waals surface area contributed by atoms with E-state index in [4.69, 9.17) is 0 Å². The lowest BCUT2D eigenvalue weighted by molar-refractivity contribution is 0.161. The van der Waals surface area contributed by atoms with Crippen molar-refractivity contribution >= 4 is 0 Å². The second-order valence-corrected chi connectivity index (χ2v) is 5.75. The van der Waals surface area contributed by atoms with E-state index in [-0.39, 0.29) is 6.10 Å². The maximum absolute atomic E-state index is 9.96. The standard InChI is InChI=1S/C16H25NO/c1-11-8-12(2)16(13(3)9-11)7-6-15(18)10-17-14-4-5-14/h8-9,14-15,17-18H,4-7,10H2,1-3H3. The van der Waals surface area contributed by atoms with Gasteiger partial charge in [-0.2, -0.15) is 0 Å². The van der Waals surface area contributed by atoms with Crippen molar-refractivity contribution in [3.05, 3.63) is 34.4 Å². The van der Waals surface area contributed by atoms with E-state index < -0.39 is 0 Å². The molecule has 1 atom stereocenters. The molecule has 2 N–H and O–H groups in total. The van der Waals surface area contributed by atoms with Gasteiger partial charge >= 0.3 is 0 Å². The van der Waals surface area contributed by atoms with E-state index >= 15 is 0 Å². The number of aliphatic hydroxyl groups excluding tert-OH is 1. The van der Waals surface area contributed by atoms with Crippen LogP contribution in [0.3, 0.4) is 0 Å². The SMILES string of the molecule is Cc1cc(C)c(CCC(O)CNC2CC2)c(C)c1. The molecule has 0 saturated heterocycles. The molecular formula is C16H25NO. The molecule has 2 rings (SSSR count). The number of rotatable bonds is 6. The average Bonchev–Trinajstić information content (AvgIpc) is 3.08. The first-order valence-corrected chi connectivity index (χ1v) is 7.04. The third-order valence-corrected chi connectivity index (χ3v) is 3.79. The quantitative estimate of drug-likeness (QED) is 0.810. The zero-order chi connectivity index (χ0) is 13.1. The lowest BCUT2D eigenvalue weighted by Crippen LogP contribution is -2.28. The fourth-order valence-electron chi connectivity index (χ4n) is 2.61. The summed E-state index contributed by atoms with van der Waals surface area (Å²) in [5.41, 5.74) is 5.44. The lowest BCUT2D eigenvalue weighted by Gasteiger charge is -2.15. The number of nitrogens with one attached hydrogen (secondary N) is 1. The predicted octanol–water partition coefficient (Wildman–Crippen LogP) is 2.66. The molecule has 1 fully saturated rings. The van der Waals surface area contributed by atoms with E-state index in [1.54, 1.807) is 0 Å². The van der Waals surface area contributed by atoms with E-state index in [9.17, 15) is 5.11 Å². The van der Waals surface area contributed by atoms with Gasteiger partial charge in [0.05, 0.1) is 6.10 Å². The summed E-state index contributed by atoms with van der Waals surface area (Å²) >= 11 is 0. The van der Waals surface area contributed by atoms with Gasteiger partial charge in [0.2, 0.25) is 0 Å². The van der Waals surface area contributed by atoms with Gasteiger partial charge in [-0.1, -0.05) is 17.7 Å². The summed E-state index contributed by atoms with van der Waals surface area (Å²) in [4.78, 5) is 0. The van der Waals surface area contributed by atoms with Crippen LogP contribution in [0.1, 0.15) is 41.5 Å². The van der Waals surface area contributed by atoms with E-state index in [0.717, 1.165) is 19.4 Å². The molecule has 2 nitrogen and oxygen atoms in total. The Morgan fingerprint density at radius 2 is 1.83 bits per heavy atom. The molecule has 0 aliphatic heterocycles. The monoisotopic (exact) mass is 247 g/mol. The zero-order valence-electron chi connectivity index (χ0n) is 11.8. The second kappa shape index (κ2) is 5.85. The highest BCUT2D eigenvalue weighted by Gasteiger charge is 2.21. The minimum atomic E-state index is -0.217. The van der Waals surface area contributed by atoms with Gasteiger partial charge in [0.1, 0.15) is 0 Å². The van der Waals surface area contributed by atoms with Crippen molar-refractivity contribution in [1.82, 2.24) is 5.32 Å². The third kappa shape index (κ3) is 3.82. The third-order valence-electron chi connectivity index (χ3n) is 3.79. The van der Waals surface area contributed by atoms with Gasteiger partial charge < -0.3 is 10.4 Å². The first-order chi connectivity index (χ1) is 8.56. The Morgan fingerprint density at radius 3 is 2.39 bits per heavy atom. The van der Waals surface area contributed by atoms with Crippen LogP contribution in [0.4, 0.5) is 0 Å². The van der Waals surface area contributed by atoms with E-state index in [2.05, 4.69) is 38.2 Å². The number of hydrogen-bond donors (Lipinski definition) is 2. The van der Waals surface area contributed by atoms with Crippen LogP contribution < -0.4 is 5.32 Å². The van der Waals surface area contributed by atoms with Gasteiger partial charge in [-0.3, -0.25) is 0 Å². The average molecular weight is 247 g/mol. The van der Waals surface area contributed by atoms with E-state index in [0.29, 0.717) is 6.04 Å². The highest BCUT2D eigenvalue weighted by atomic mass is 16.3. The number of aliphatic hydroxyl groups is 1. The molecule has 2 heteroatoms. The predicted molar refractivity (Wildman–Crippen MR) is 76.0 cm³/mol. The molecule has 1 aromatic carbocycles. The first kappa shape index (κ1) is 13.6. The van der Waals surface area contributed by atoms with Gasteiger partial charge in [0, 0.05) is 12.6 Å². The fourth-order valence-corrected chi connectivity index (χ4v) is 2.61. The molecular weight excluding hydrogens is 222 g/mol. The summed E-state index contributed by atoms with van der Waals surface area (Å²) in [5.74, 6) is 0. The Morgan fingerprint density at radius 1 is 1.22 bits per heavy atom. The molecule has 0 aromatic heterocycles. The maximum atomic E-state index is 9.96. The first-order valence-electron chi connectivity index (χ1n) is 7.04. The Hall–Kier alpha value is -0.860. The van der Waals surface area contributed by atoms with E-state index in [1.165, 1.54) is 35.1 Å². The van der Waals surface area contributed by atoms with Gasteiger partial charge in [-0.05, 0) is 63.1 Å². The molecule has 0 heterocycles. The molecule has 1 aliphatic rings. The second-order valence-electron chi connectivity index (χ2n) is 5.75. The minimum absolute atomic E-state index is 0.217. The smallest absolute Gasteiger partial charge is 0.0667 e. The summed E-state index contributed by atoms with van der Waals surface area (Å²) in [6.07, 6.45) is 4.17. The summed E-state index contributed by atoms with van der Waals surface area (Å²) in [7, 11) is 0. The van der Waals surface area contributed by atoms with Crippen molar-refractivity contribution in [3.63, 3.8) is 0 Å². The molecule has 18 heavy (non-hydrogen) atoms. The maximum Gasteiger partial charge on any atom is 0.0667 e. The van der Waals surface area contributed by atoms with E-state index in [1.807, 2.05) is 0 Å². The van der Waals surface area contributed by atoms with Crippen LogP contribution in [0, 0.1) is 20.8 Å². The molecule has 0 spiro atoms. The Labute approximate surface area is 110 Å². The molecule has 0 amide bonds. The fraction of sp³-hybridized carbons (Fsp3) is 0.625. The summed E-state index contributed by atoms with van der Waals surface area (Å²) in [6.45, 7) is 7.22. The zero-order valence-corrected chi connectivity index (χ0v) is 11.8.